The minimum atomic E-state index is 0.449. The minimum absolute atomic E-state index is 0.449. The van der Waals surface area contributed by atoms with Crippen LogP contribution in [-0.2, 0) is 6.61 Å². The molecule has 1 aliphatic carbocycles. The lowest BCUT2D eigenvalue weighted by molar-refractivity contribution is 0.0847. The van der Waals surface area contributed by atoms with E-state index in [-0.39, 0.29) is 0 Å². The molecule has 0 spiro atoms. The first-order valence-corrected chi connectivity index (χ1v) is 13.5. The average Bonchev–Trinajstić information content (AvgIpc) is 3.31. The zero-order chi connectivity index (χ0) is 25.2. The number of rotatable bonds is 8. The summed E-state index contributed by atoms with van der Waals surface area (Å²) in [6.45, 7) is 9.94. The van der Waals surface area contributed by atoms with E-state index >= 15 is 0 Å². The van der Waals surface area contributed by atoms with E-state index in [2.05, 4.69) is 61.7 Å². The first-order valence-electron chi connectivity index (χ1n) is 13.5. The highest BCUT2D eigenvalue weighted by Crippen LogP contribution is 2.43. The molecule has 0 amide bonds. The van der Waals surface area contributed by atoms with E-state index in [1.807, 2.05) is 30.3 Å². The molecule has 1 saturated carbocycles. The van der Waals surface area contributed by atoms with Crippen LogP contribution in [0.1, 0.15) is 31.4 Å². The normalized spacial score (nSPS) is 20.7. The zero-order valence-corrected chi connectivity index (χ0v) is 21.6. The van der Waals surface area contributed by atoms with E-state index in [9.17, 15) is 0 Å². The van der Waals surface area contributed by atoms with Crippen molar-refractivity contribution in [3.63, 3.8) is 0 Å². The molecule has 0 unspecified atom stereocenters. The van der Waals surface area contributed by atoms with Gasteiger partial charge in [-0.1, -0.05) is 49.4 Å². The molecular weight excluding hydrogens is 460 g/mol. The first-order chi connectivity index (χ1) is 18.2. The van der Waals surface area contributed by atoms with E-state index in [0.717, 1.165) is 45.9 Å². The lowest BCUT2D eigenvalue weighted by Crippen LogP contribution is -2.48. The van der Waals surface area contributed by atoms with Crippen molar-refractivity contribution in [2.45, 2.75) is 32.4 Å². The molecule has 0 radical (unpaired) electrons. The van der Waals surface area contributed by atoms with Gasteiger partial charge in [-0.25, -0.2) is 9.97 Å². The highest BCUT2D eigenvalue weighted by Gasteiger charge is 2.34. The van der Waals surface area contributed by atoms with Crippen molar-refractivity contribution >= 4 is 16.9 Å². The molecule has 3 heterocycles. The lowest BCUT2D eigenvalue weighted by atomic mass is 9.79. The van der Waals surface area contributed by atoms with Crippen LogP contribution in [0.15, 0.2) is 67.1 Å². The third kappa shape index (κ3) is 5.06. The number of nitrogens with two attached hydrogens (primary N) is 1. The number of nitrogens with zero attached hydrogens (tertiary/aromatic N) is 5. The molecule has 2 aromatic carbocycles. The van der Waals surface area contributed by atoms with Gasteiger partial charge in [0.25, 0.3) is 0 Å². The molecule has 6 rings (SSSR count). The minimum Gasteiger partial charge on any atom is -0.489 e. The Morgan fingerprint density at radius 2 is 1.73 bits per heavy atom. The quantitative estimate of drug-likeness (QED) is 0.376. The molecule has 2 fully saturated rings. The molecule has 1 aliphatic heterocycles. The van der Waals surface area contributed by atoms with Gasteiger partial charge in [-0.3, -0.25) is 0 Å². The summed E-state index contributed by atoms with van der Waals surface area (Å²) in [5, 5.41) is 0.932. The molecule has 7 nitrogen and oxygen atoms in total. The molecule has 2 aromatic heterocycles. The summed E-state index contributed by atoms with van der Waals surface area (Å²) in [6.07, 6.45) is 6.18. The maximum absolute atomic E-state index is 6.41. The molecule has 2 aliphatic rings. The molecular formula is C30H36N6O. The number of fused-ring (bicyclic) bond motifs is 1. The third-order valence-corrected chi connectivity index (χ3v) is 8.06. The standard InChI is InChI=1S/C30H36N6O/c1-2-34-11-13-35(14-12-34)18-23-15-25(16-23)36-19-27(28-29(31)32-21-33-30(28)36)24-9-6-10-26(17-24)37-20-22-7-4-3-5-8-22/h3-10,17,19,21,23,25H,2,11-16,18,20H2,1H3,(H2,31,32,33). The van der Waals surface area contributed by atoms with Crippen molar-refractivity contribution < 1.29 is 4.74 Å². The number of hydrogen-bond donors (Lipinski definition) is 1. The molecule has 37 heavy (non-hydrogen) atoms. The van der Waals surface area contributed by atoms with Crippen molar-refractivity contribution in [3.05, 3.63) is 72.7 Å². The van der Waals surface area contributed by atoms with Crippen molar-refractivity contribution in [3.8, 4) is 16.9 Å². The van der Waals surface area contributed by atoms with E-state index in [0.29, 0.717) is 18.5 Å². The molecule has 4 aromatic rings. The van der Waals surface area contributed by atoms with Gasteiger partial charge < -0.3 is 24.8 Å². The van der Waals surface area contributed by atoms with Gasteiger partial charge in [-0.05, 0) is 48.6 Å². The molecule has 2 N–H and O–H groups in total. The highest BCUT2D eigenvalue weighted by atomic mass is 16.5. The largest absolute Gasteiger partial charge is 0.489 e. The Kier molecular flexibility index (Phi) is 6.81. The predicted molar refractivity (Wildman–Crippen MR) is 148 cm³/mol. The molecule has 0 atom stereocenters. The van der Waals surface area contributed by atoms with Gasteiger partial charge in [0.1, 0.15) is 30.1 Å². The van der Waals surface area contributed by atoms with Crippen LogP contribution in [0, 0.1) is 5.92 Å². The van der Waals surface area contributed by atoms with Crippen LogP contribution >= 0.6 is 0 Å². The van der Waals surface area contributed by atoms with E-state index in [4.69, 9.17) is 10.5 Å². The Hall–Kier alpha value is -3.42. The Balaban J connectivity index is 1.19. The van der Waals surface area contributed by atoms with E-state index in [1.165, 1.54) is 45.6 Å². The number of ether oxygens (including phenoxy) is 1. The fraction of sp³-hybridized carbons (Fsp3) is 0.400. The van der Waals surface area contributed by atoms with Gasteiger partial charge in [0, 0.05) is 50.5 Å². The smallest absolute Gasteiger partial charge is 0.146 e. The summed E-state index contributed by atoms with van der Waals surface area (Å²) in [7, 11) is 0. The van der Waals surface area contributed by atoms with Crippen LogP contribution in [0.2, 0.25) is 0 Å². The number of piperazine rings is 1. The van der Waals surface area contributed by atoms with Crippen LogP contribution in [0.3, 0.4) is 0 Å². The van der Waals surface area contributed by atoms with Gasteiger partial charge in [-0.15, -0.1) is 0 Å². The second-order valence-electron chi connectivity index (χ2n) is 10.4. The van der Waals surface area contributed by atoms with Crippen molar-refractivity contribution in [2.24, 2.45) is 5.92 Å². The van der Waals surface area contributed by atoms with Crippen LogP contribution in [0.5, 0.6) is 5.75 Å². The van der Waals surface area contributed by atoms with Gasteiger partial charge in [0.2, 0.25) is 0 Å². The Bertz CT molecular complexity index is 1340. The number of aromatic nitrogens is 3. The topological polar surface area (TPSA) is 72.4 Å². The second-order valence-corrected chi connectivity index (χ2v) is 10.4. The van der Waals surface area contributed by atoms with Crippen molar-refractivity contribution in [1.29, 1.82) is 0 Å². The summed E-state index contributed by atoms with van der Waals surface area (Å²) in [6, 6.07) is 18.9. The Labute approximate surface area is 218 Å². The summed E-state index contributed by atoms with van der Waals surface area (Å²) in [5.74, 6) is 2.11. The van der Waals surface area contributed by atoms with Gasteiger partial charge in [-0.2, -0.15) is 0 Å². The number of nitrogen functional groups attached to an aromatic ring is 1. The molecule has 1 saturated heterocycles. The predicted octanol–water partition coefficient (Wildman–Crippen LogP) is 4.85. The van der Waals surface area contributed by atoms with E-state index < -0.39 is 0 Å². The monoisotopic (exact) mass is 496 g/mol. The number of anilines is 1. The zero-order valence-electron chi connectivity index (χ0n) is 21.6. The highest BCUT2D eigenvalue weighted by molar-refractivity contribution is 6.00. The lowest BCUT2D eigenvalue weighted by Gasteiger charge is -2.42. The fourth-order valence-corrected chi connectivity index (χ4v) is 5.83. The Morgan fingerprint density at radius 3 is 2.51 bits per heavy atom. The van der Waals surface area contributed by atoms with Gasteiger partial charge in [0.15, 0.2) is 0 Å². The van der Waals surface area contributed by atoms with Crippen molar-refractivity contribution in [2.75, 3.05) is 45.0 Å². The molecule has 0 bridgehead atoms. The van der Waals surface area contributed by atoms with Gasteiger partial charge in [0.05, 0.1) is 5.39 Å². The summed E-state index contributed by atoms with van der Waals surface area (Å²) >= 11 is 0. The van der Waals surface area contributed by atoms with Crippen molar-refractivity contribution in [1.82, 2.24) is 24.3 Å². The summed E-state index contributed by atoms with van der Waals surface area (Å²) in [4.78, 5) is 14.2. The van der Waals surface area contributed by atoms with E-state index in [1.54, 1.807) is 6.33 Å². The second kappa shape index (κ2) is 10.5. The summed E-state index contributed by atoms with van der Waals surface area (Å²) in [5.41, 5.74) is 10.6. The van der Waals surface area contributed by atoms with Gasteiger partial charge >= 0.3 is 0 Å². The molecule has 7 heteroatoms. The summed E-state index contributed by atoms with van der Waals surface area (Å²) < 4.78 is 8.45. The number of benzene rings is 2. The van der Waals surface area contributed by atoms with Crippen LogP contribution in [0.4, 0.5) is 5.82 Å². The first kappa shape index (κ1) is 23.9. The van der Waals surface area contributed by atoms with Crippen LogP contribution in [0.25, 0.3) is 22.2 Å². The average molecular weight is 497 g/mol. The fourth-order valence-electron chi connectivity index (χ4n) is 5.83. The SMILES string of the molecule is CCN1CCN(CC2CC(n3cc(-c4cccc(OCc5ccccc5)c4)c4c(N)ncnc43)C2)CC1. The maximum atomic E-state index is 6.41. The Morgan fingerprint density at radius 1 is 0.946 bits per heavy atom. The third-order valence-electron chi connectivity index (χ3n) is 8.06. The maximum Gasteiger partial charge on any atom is 0.146 e. The number of hydrogen-bond acceptors (Lipinski definition) is 6. The van der Waals surface area contributed by atoms with Crippen LogP contribution < -0.4 is 10.5 Å². The van der Waals surface area contributed by atoms with Crippen LogP contribution in [-0.4, -0.2) is 63.6 Å². The molecule has 192 valence electrons. The number of likely N-dealkylation sites (N-methyl/N-ethyl adjacent to an activating group) is 1.